The molecule has 0 fully saturated rings. The van der Waals surface area contributed by atoms with Crippen LogP contribution in [0.1, 0.15) is 43.7 Å². The fourth-order valence-corrected chi connectivity index (χ4v) is 1.82. The highest BCUT2D eigenvalue weighted by molar-refractivity contribution is 6.17. The van der Waals surface area contributed by atoms with Crippen LogP contribution in [0.25, 0.3) is 0 Å². The summed E-state index contributed by atoms with van der Waals surface area (Å²) < 4.78 is 0. The highest BCUT2D eigenvalue weighted by atomic mass is 35.5. The highest BCUT2D eigenvalue weighted by Crippen LogP contribution is 2.23. The Kier molecular flexibility index (Phi) is 4.31. The summed E-state index contributed by atoms with van der Waals surface area (Å²) in [5.74, 6) is 1.33. The first-order valence-electron chi connectivity index (χ1n) is 4.96. The van der Waals surface area contributed by atoms with E-state index in [0.717, 1.165) is 0 Å². The van der Waals surface area contributed by atoms with Gasteiger partial charge in [0.1, 0.15) is 0 Å². The molecule has 0 saturated carbocycles. The van der Waals surface area contributed by atoms with Gasteiger partial charge in [-0.15, -0.1) is 11.6 Å². The molecule has 1 rings (SSSR count). The lowest BCUT2D eigenvalue weighted by Crippen LogP contribution is -1.95. The van der Waals surface area contributed by atoms with Crippen LogP contribution in [-0.4, -0.2) is 0 Å². The predicted octanol–water partition coefficient (Wildman–Crippen LogP) is 4.33. The normalized spacial score (nSPS) is 10.8. The Bertz CT molecular complexity index is 234. The van der Waals surface area contributed by atoms with Crippen LogP contribution in [0.3, 0.4) is 0 Å². The van der Waals surface area contributed by atoms with Gasteiger partial charge in [0, 0.05) is 5.88 Å². The molecule has 13 heavy (non-hydrogen) atoms. The van der Waals surface area contributed by atoms with Crippen LogP contribution in [-0.2, 0) is 5.88 Å². The molecular formula is C12H17Cl. The van der Waals surface area contributed by atoms with Gasteiger partial charge in [0.15, 0.2) is 0 Å². The number of hydrogen-bond acceptors (Lipinski definition) is 0. The van der Waals surface area contributed by atoms with Crippen LogP contribution in [0.2, 0.25) is 0 Å². The summed E-state index contributed by atoms with van der Waals surface area (Å²) in [5, 5.41) is 0. The van der Waals surface area contributed by atoms with E-state index in [1.165, 1.54) is 24.0 Å². The first kappa shape index (κ1) is 10.6. The maximum Gasteiger partial charge on any atom is 0.0474 e. The van der Waals surface area contributed by atoms with E-state index >= 15 is 0 Å². The number of halogens is 1. The molecule has 0 saturated heterocycles. The zero-order valence-corrected chi connectivity index (χ0v) is 9.14. The summed E-state index contributed by atoms with van der Waals surface area (Å²) >= 11 is 5.73. The Morgan fingerprint density at radius 1 is 1.08 bits per heavy atom. The summed E-state index contributed by atoms with van der Waals surface area (Å²) in [4.78, 5) is 0. The van der Waals surface area contributed by atoms with Crippen molar-refractivity contribution in [1.82, 2.24) is 0 Å². The highest BCUT2D eigenvalue weighted by Gasteiger charge is 2.05. The quantitative estimate of drug-likeness (QED) is 0.629. The summed E-state index contributed by atoms with van der Waals surface area (Å²) in [6, 6.07) is 8.66. The van der Waals surface area contributed by atoms with Crippen molar-refractivity contribution < 1.29 is 0 Å². The van der Waals surface area contributed by atoms with Gasteiger partial charge in [-0.2, -0.15) is 0 Å². The Morgan fingerprint density at radius 2 is 1.62 bits per heavy atom. The zero-order chi connectivity index (χ0) is 9.68. The third kappa shape index (κ3) is 2.73. The largest absolute Gasteiger partial charge is 0.122 e. The van der Waals surface area contributed by atoms with Crippen molar-refractivity contribution in [2.24, 2.45) is 0 Å². The molecule has 0 aliphatic heterocycles. The molecule has 72 valence electrons. The topological polar surface area (TPSA) is 0 Å². The lowest BCUT2D eigenvalue weighted by Gasteiger charge is -2.12. The molecular weight excluding hydrogens is 180 g/mol. The van der Waals surface area contributed by atoms with Gasteiger partial charge in [0.25, 0.3) is 0 Å². The number of rotatable bonds is 4. The standard InChI is InChI=1S/C12H17Cl/c1-3-11(4-2)12-7-5-10(9-13)6-8-12/h5-8,11H,3-4,9H2,1-2H3. The maximum absolute atomic E-state index is 5.73. The SMILES string of the molecule is CCC(CC)c1ccc(CCl)cc1. The van der Waals surface area contributed by atoms with Gasteiger partial charge in [-0.3, -0.25) is 0 Å². The average molecular weight is 197 g/mol. The summed E-state index contributed by atoms with van der Waals surface area (Å²) in [6.07, 6.45) is 2.44. The Labute approximate surface area is 85.9 Å². The minimum atomic E-state index is 0.614. The molecule has 0 N–H and O–H groups in total. The van der Waals surface area contributed by atoms with Crippen molar-refractivity contribution in [1.29, 1.82) is 0 Å². The van der Waals surface area contributed by atoms with Crippen LogP contribution in [0, 0.1) is 0 Å². The van der Waals surface area contributed by atoms with E-state index in [4.69, 9.17) is 11.6 Å². The predicted molar refractivity (Wildman–Crippen MR) is 59.3 cm³/mol. The first-order valence-corrected chi connectivity index (χ1v) is 5.50. The van der Waals surface area contributed by atoms with E-state index < -0.39 is 0 Å². The molecule has 0 aliphatic carbocycles. The molecule has 1 heteroatoms. The minimum Gasteiger partial charge on any atom is -0.122 e. The van der Waals surface area contributed by atoms with Crippen LogP contribution >= 0.6 is 11.6 Å². The fourth-order valence-electron chi connectivity index (χ4n) is 1.64. The van der Waals surface area contributed by atoms with E-state index in [-0.39, 0.29) is 0 Å². The van der Waals surface area contributed by atoms with Crippen LogP contribution in [0.5, 0.6) is 0 Å². The van der Waals surface area contributed by atoms with Crippen molar-refractivity contribution in [3.05, 3.63) is 35.4 Å². The third-order valence-electron chi connectivity index (χ3n) is 2.59. The Balaban J connectivity index is 2.78. The molecule has 0 radical (unpaired) electrons. The number of benzene rings is 1. The second kappa shape index (κ2) is 5.29. The van der Waals surface area contributed by atoms with Crippen LogP contribution < -0.4 is 0 Å². The summed E-state index contributed by atoms with van der Waals surface area (Å²) in [5.41, 5.74) is 2.65. The van der Waals surface area contributed by atoms with Crippen LogP contribution in [0.4, 0.5) is 0 Å². The lowest BCUT2D eigenvalue weighted by molar-refractivity contribution is 0.642. The maximum atomic E-state index is 5.73. The van der Waals surface area contributed by atoms with Crippen molar-refractivity contribution in [2.45, 2.75) is 38.5 Å². The second-order valence-corrected chi connectivity index (χ2v) is 3.66. The summed E-state index contributed by atoms with van der Waals surface area (Å²) in [7, 11) is 0. The molecule has 0 aromatic heterocycles. The van der Waals surface area contributed by atoms with Gasteiger partial charge >= 0.3 is 0 Å². The van der Waals surface area contributed by atoms with E-state index in [1.54, 1.807) is 0 Å². The molecule has 1 aromatic carbocycles. The molecule has 0 unspecified atom stereocenters. The third-order valence-corrected chi connectivity index (χ3v) is 2.90. The van der Waals surface area contributed by atoms with Gasteiger partial charge in [-0.25, -0.2) is 0 Å². The first-order chi connectivity index (χ1) is 6.31. The number of alkyl halides is 1. The van der Waals surface area contributed by atoms with E-state index in [2.05, 4.69) is 38.1 Å². The van der Waals surface area contributed by atoms with Crippen molar-refractivity contribution in [3.8, 4) is 0 Å². The van der Waals surface area contributed by atoms with Gasteiger partial charge < -0.3 is 0 Å². The molecule has 1 aromatic rings. The van der Waals surface area contributed by atoms with Crippen molar-refractivity contribution >= 4 is 11.6 Å². The monoisotopic (exact) mass is 196 g/mol. The summed E-state index contributed by atoms with van der Waals surface area (Å²) in [6.45, 7) is 4.48. The molecule has 0 nitrogen and oxygen atoms in total. The van der Waals surface area contributed by atoms with E-state index in [1.807, 2.05) is 0 Å². The number of hydrogen-bond donors (Lipinski definition) is 0. The molecule has 0 aliphatic rings. The lowest BCUT2D eigenvalue weighted by atomic mass is 9.93. The van der Waals surface area contributed by atoms with Gasteiger partial charge in [0.2, 0.25) is 0 Å². The molecule has 0 bridgehead atoms. The van der Waals surface area contributed by atoms with Crippen molar-refractivity contribution in [3.63, 3.8) is 0 Å². The van der Waals surface area contributed by atoms with E-state index in [9.17, 15) is 0 Å². The molecule has 0 heterocycles. The van der Waals surface area contributed by atoms with E-state index in [0.29, 0.717) is 11.8 Å². The van der Waals surface area contributed by atoms with Gasteiger partial charge in [-0.1, -0.05) is 38.1 Å². The average Bonchev–Trinajstić information content (AvgIpc) is 2.21. The van der Waals surface area contributed by atoms with Crippen LogP contribution in [0.15, 0.2) is 24.3 Å². The van der Waals surface area contributed by atoms with Gasteiger partial charge in [-0.05, 0) is 29.9 Å². The fraction of sp³-hybridized carbons (Fsp3) is 0.500. The zero-order valence-electron chi connectivity index (χ0n) is 8.39. The smallest absolute Gasteiger partial charge is 0.0474 e. The second-order valence-electron chi connectivity index (χ2n) is 3.39. The van der Waals surface area contributed by atoms with Gasteiger partial charge in [0.05, 0.1) is 0 Å². The van der Waals surface area contributed by atoms with Crippen molar-refractivity contribution in [2.75, 3.05) is 0 Å². The minimum absolute atomic E-state index is 0.614. The Hall–Kier alpha value is -0.490. The molecule has 0 spiro atoms. The Morgan fingerprint density at radius 3 is 2.00 bits per heavy atom. The molecule has 0 amide bonds. The molecule has 0 atom stereocenters.